The molecule has 0 aliphatic rings. The molecule has 0 spiro atoms. The molecule has 0 aromatic carbocycles. The molecular weight excluding hydrogens is 240 g/mol. The number of hydrogen-bond acceptors (Lipinski definition) is 4. The molecule has 0 aromatic heterocycles. The van der Waals surface area contributed by atoms with Crippen molar-refractivity contribution in [3.8, 4) is 12.8 Å². The van der Waals surface area contributed by atoms with Gasteiger partial charge in [0.1, 0.15) is 0 Å². The van der Waals surface area contributed by atoms with Crippen LogP contribution in [0.15, 0.2) is 24.3 Å². The van der Waals surface area contributed by atoms with Crippen molar-refractivity contribution < 1.29 is 30.0 Å². The monoisotopic (exact) mass is 260 g/mol. The first-order valence-corrected chi connectivity index (χ1v) is 4.53. The summed E-state index contributed by atoms with van der Waals surface area (Å²) in [6.45, 7) is 8.95. The van der Waals surface area contributed by atoms with Gasteiger partial charge in [-0.2, -0.15) is 0 Å². The summed E-state index contributed by atoms with van der Waals surface area (Å²) in [7, 11) is 0. The Hall–Kier alpha value is -2.10. The average molecular weight is 260 g/mol. The van der Waals surface area contributed by atoms with Crippen molar-refractivity contribution in [3.63, 3.8) is 0 Å². The Labute approximate surface area is 107 Å². The van der Waals surface area contributed by atoms with Crippen LogP contribution in [0.1, 0.15) is 13.8 Å². The van der Waals surface area contributed by atoms with E-state index in [1.54, 1.807) is 0 Å². The maximum Gasteiger partial charge on any atom is 0.330 e. The number of carboxylic acids is 2. The van der Waals surface area contributed by atoms with E-state index in [0.717, 1.165) is 0 Å². The molecular formula is C12H20O6. The number of aliphatic hydroxyl groups excluding tert-OH is 2. The molecule has 4 N–H and O–H groups in total. The second-order valence-corrected chi connectivity index (χ2v) is 2.62. The summed E-state index contributed by atoms with van der Waals surface area (Å²) < 4.78 is 0. The average Bonchev–Trinajstić information content (AvgIpc) is 2.32. The molecule has 0 heterocycles. The maximum absolute atomic E-state index is 9.60. The van der Waals surface area contributed by atoms with Crippen LogP contribution in [-0.2, 0) is 9.59 Å². The minimum absolute atomic E-state index is 0.125. The third-order valence-electron chi connectivity index (χ3n) is 0.830. The molecule has 0 unspecified atom stereocenters. The number of terminal acetylenes is 1. The van der Waals surface area contributed by atoms with Gasteiger partial charge >= 0.3 is 11.9 Å². The summed E-state index contributed by atoms with van der Waals surface area (Å²) in [6.07, 6.45) is 8.00. The first-order chi connectivity index (χ1) is 8.20. The number of carboxylic acid groups (broad SMARTS) is 2. The molecule has 0 saturated carbocycles. The molecule has 0 aliphatic carbocycles. The van der Waals surface area contributed by atoms with Crippen LogP contribution in [0, 0.1) is 12.8 Å². The second kappa shape index (κ2) is 20.3. The maximum atomic E-state index is 9.60. The van der Waals surface area contributed by atoms with Gasteiger partial charge in [0.15, 0.2) is 0 Å². The summed E-state index contributed by atoms with van der Waals surface area (Å²) >= 11 is 0. The fraction of sp³-hybridized carbons (Fsp3) is 0.333. The van der Waals surface area contributed by atoms with Gasteiger partial charge in [0.05, 0.1) is 13.2 Å². The summed E-state index contributed by atoms with van der Waals surface area (Å²) in [5.41, 5.74) is 0.352. The number of aliphatic hydroxyl groups is 2. The smallest absolute Gasteiger partial charge is 0.330 e. The third kappa shape index (κ3) is 48.6. The molecule has 0 rings (SSSR count). The molecule has 104 valence electrons. The Balaban J connectivity index is -0.0000000777. The summed E-state index contributed by atoms with van der Waals surface area (Å²) in [6, 6.07) is 0. The zero-order valence-corrected chi connectivity index (χ0v) is 10.6. The number of aliphatic carboxylic acids is 2. The van der Waals surface area contributed by atoms with Gasteiger partial charge in [-0.15, -0.1) is 12.8 Å². The predicted molar refractivity (Wildman–Crippen MR) is 69.0 cm³/mol. The lowest BCUT2D eigenvalue weighted by Crippen LogP contribution is -1.92. The van der Waals surface area contributed by atoms with E-state index in [9.17, 15) is 9.59 Å². The summed E-state index contributed by atoms with van der Waals surface area (Å²) in [5, 5.41) is 31.0. The quantitative estimate of drug-likeness (QED) is 0.434. The molecule has 0 bridgehead atoms. The van der Waals surface area contributed by atoms with Crippen LogP contribution >= 0.6 is 0 Å². The zero-order valence-electron chi connectivity index (χ0n) is 10.6. The van der Waals surface area contributed by atoms with Crippen LogP contribution in [0.3, 0.4) is 0 Å². The Bertz CT molecular complexity index is 228. The lowest BCUT2D eigenvalue weighted by molar-refractivity contribution is -0.133. The topological polar surface area (TPSA) is 115 Å². The van der Waals surface area contributed by atoms with Gasteiger partial charge < -0.3 is 20.4 Å². The van der Waals surface area contributed by atoms with Crippen LogP contribution in [0.25, 0.3) is 0 Å². The van der Waals surface area contributed by atoms with Crippen LogP contribution in [0.4, 0.5) is 0 Å². The Morgan fingerprint density at radius 1 is 0.889 bits per heavy atom. The van der Waals surface area contributed by atoms with E-state index in [-0.39, 0.29) is 24.4 Å². The van der Waals surface area contributed by atoms with Gasteiger partial charge in [-0.05, 0) is 13.8 Å². The summed E-state index contributed by atoms with van der Waals surface area (Å²) in [5.74, 6) is -1.87. The van der Waals surface area contributed by atoms with E-state index in [1.165, 1.54) is 13.8 Å². The van der Waals surface area contributed by atoms with Crippen LogP contribution < -0.4 is 0 Å². The number of rotatable bonds is 3. The zero-order chi connectivity index (χ0) is 15.7. The predicted octanol–water partition coefficient (Wildman–Crippen LogP) is 0.515. The van der Waals surface area contributed by atoms with Gasteiger partial charge in [0, 0.05) is 11.1 Å². The lowest BCUT2D eigenvalue weighted by atomic mass is 10.4. The van der Waals surface area contributed by atoms with Crippen molar-refractivity contribution >= 4 is 11.9 Å². The van der Waals surface area contributed by atoms with Crippen molar-refractivity contribution in [2.45, 2.75) is 13.8 Å². The fourth-order valence-corrected chi connectivity index (χ4v) is 0. The highest BCUT2D eigenvalue weighted by molar-refractivity contribution is 5.85. The minimum Gasteiger partial charge on any atom is -0.478 e. The minimum atomic E-state index is -0.935. The van der Waals surface area contributed by atoms with Crippen LogP contribution in [0.5, 0.6) is 0 Å². The fourth-order valence-electron chi connectivity index (χ4n) is 0. The van der Waals surface area contributed by atoms with E-state index in [4.69, 9.17) is 20.4 Å². The van der Waals surface area contributed by atoms with E-state index in [1.807, 2.05) is 0 Å². The lowest BCUT2D eigenvalue weighted by Gasteiger charge is -1.79. The second-order valence-electron chi connectivity index (χ2n) is 2.62. The highest BCUT2D eigenvalue weighted by Gasteiger charge is 1.90. The van der Waals surface area contributed by atoms with Gasteiger partial charge in [-0.25, -0.2) is 9.59 Å². The van der Waals surface area contributed by atoms with Gasteiger partial charge in [0.2, 0.25) is 0 Å². The molecule has 0 saturated heterocycles. The first kappa shape index (κ1) is 24.9. The molecule has 18 heavy (non-hydrogen) atoms. The van der Waals surface area contributed by atoms with E-state index in [2.05, 4.69) is 26.0 Å². The van der Waals surface area contributed by atoms with E-state index in [0.29, 0.717) is 0 Å². The molecule has 0 aromatic rings. The Morgan fingerprint density at radius 2 is 1.00 bits per heavy atom. The highest BCUT2D eigenvalue weighted by Crippen LogP contribution is 1.81. The number of hydrogen-bond donors (Lipinski definition) is 4. The highest BCUT2D eigenvalue weighted by atomic mass is 16.4. The molecule has 6 nitrogen and oxygen atoms in total. The van der Waals surface area contributed by atoms with Gasteiger partial charge in [-0.1, -0.05) is 13.2 Å². The van der Waals surface area contributed by atoms with Crippen molar-refractivity contribution in [2.75, 3.05) is 13.2 Å². The van der Waals surface area contributed by atoms with Crippen LogP contribution in [-0.4, -0.2) is 45.6 Å². The first-order valence-electron chi connectivity index (χ1n) is 4.53. The normalized spacial score (nSPS) is 6.78. The SMILES string of the molecule is C#C.C=C(C)C(=O)O.C=C(C)C(=O)O.OCCO. The standard InChI is InChI=1S/2C4H6O2.C2H6O2.C2H2/c2*1-3(2)4(5)6;3-1-2-4;1-2/h2*1H2,2H3,(H,5,6);3-4H,1-2H2;1-2H. The third-order valence-corrected chi connectivity index (χ3v) is 0.830. The van der Waals surface area contributed by atoms with Gasteiger partial charge in [0.25, 0.3) is 0 Å². The van der Waals surface area contributed by atoms with Gasteiger partial charge in [-0.3, -0.25) is 0 Å². The van der Waals surface area contributed by atoms with Crippen molar-refractivity contribution in [2.24, 2.45) is 0 Å². The van der Waals surface area contributed by atoms with Crippen molar-refractivity contribution in [1.29, 1.82) is 0 Å². The van der Waals surface area contributed by atoms with Crippen LogP contribution in [0.2, 0.25) is 0 Å². The van der Waals surface area contributed by atoms with E-state index < -0.39 is 11.9 Å². The molecule has 0 aliphatic heterocycles. The molecule has 0 amide bonds. The largest absolute Gasteiger partial charge is 0.478 e. The summed E-state index contributed by atoms with van der Waals surface area (Å²) in [4.78, 5) is 19.2. The Morgan fingerprint density at radius 3 is 1.00 bits per heavy atom. The van der Waals surface area contributed by atoms with E-state index >= 15 is 0 Å². The molecule has 0 radical (unpaired) electrons. The molecule has 0 fully saturated rings. The van der Waals surface area contributed by atoms with Crippen molar-refractivity contribution in [1.82, 2.24) is 0 Å². The molecule has 6 heteroatoms. The molecule has 0 atom stereocenters. The Kier molecular flexibility index (Phi) is 28.2. The van der Waals surface area contributed by atoms with Crippen molar-refractivity contribution in [3.05, 3.63) is 24.3 Å². The number of carbonyl (C=O) groups is 2.